The lowest BCUT2D eigenvalue weighted by Crippen LogP contribution is -2.47. The molecule has 2 aromatic rings. The van der Waals surface area contributed by atoms with Crippen LogP contribution in [0, 0.1) is 26.9 Å². The highest BCUT2D eigenvalue weighted by Gasteiger charge is 2.61. The van der Waals surface area contributed by atoms with E-state index >= 15 is 0 Å². The molecule has 2 aliphatic rings. The highest BCUT2D eigenvalue weighted by Crippen LogP contribution is 2.65. The first-order valence-electron chi connectivity index (χ1n) is 10.9. The zero-order valence-corrected chi connectivity index (χ0v) is 19.6. The number of ketones is 1. The van der Waals surface area contributed by atoms with Crippen molar-refractivity contribution < 1.29 is 14.5 Å². The number of carbonyl (C=O) groups excluding carboxylic acids is 2. The Bertz CT molecular complexity index is 1110. The summed E-state index contributed by atoms with van der Waals surface area (Å²) in [5.74, 6) is -0.0741. The van der Waals surface area contributed by atoms with Gasteiger partial charge in [-0.3, -0.25) is 19.7 Å². The summed E-state index contributed by atoms with van der Waals surface area (Å²) in [4.78, 5) is 38.0. The highest BCUT2D eigenvalue weighted by molar-refractivity contribution is 7.98. The molecule has 0 saturated heterocycles. The molecule has 7 heteroatoms. The Kier molecular flexibility index (Phi) is 5.65. The van der Waals surface area contributed by atoms with Crippen molar-refractivity contribution >= 4 is 29.1 Å². The number of hydrogen-bond donors (Lipinski definition) is 1. The van der Waals surface area contributed by atoms with Gasteiger partial charge in [-0.05, 0) is 60.5 Å². The van der Waals surface area contributed by atoms with Crippen molar-refractivity contribution in [3.8, 4) is 0 Å². The molecule has 0 aliphatic heterocycles. The van der Waals surface area contributed by atoms with Crippen LogP contribution in [-0.2, 0) is 0 Å². The molecule has 0 spiro atoms. The van der Waals surface area contributed by atoms with Gasteiger partial charge in [0.05, 0.1) is 15.4 Å². The predicted molar refractivity (Wildman–Crippen MR) is 125 cm³/mol. The Hall–Kier alpha value is -2.67. The van der Waals surface area contributed by atoms with Crippen LogP contribution in [0.4, 0.5) is 5.69 Å². The van der Waals surface area contributed by atoms with Gasteiger partial charge in [0, 0.05) is 23.2 Å². The number of nitrogens with one attached hydrogen (secondary N) is 1. The maximum absolute atomic E-state index is 13.3. The molecule has 2 aliphatic carbocycles. The van der Waals surface area contributed by atoms with Crippen LogP contribution < -0.4 is 5.32 Å². The molecular formula is C25H28N2O4S. The van der Waals surface area contributed by atoms with Crippen LogP contribution >= 0.6 is 11.8 Å². The van der Waals surface area contributed by atoms with Gasteiger partial charge >= 0.3 is 0 Å². The van der Waals surface area contributed by atoms with Crippen molar-refractivity contribution in [2.45, 2.75) is 51.0 Å². The molecule has 1 amide bonds. The first-order valence-corrected chi connectivity index (χ1v) is 12.1. The molecule has 2 aromatic carbocycles. The fourth-order valence-electron chi connectivity index (χ4n) is 5.67. The number of carbonyl (C=O) groups is 2. The zero-order chi connectivity index (χ0) is 23.3. The maximum Gasteiger partial charge on any atom is 0.283 e. The van der Waals surface area contributed by atoms with Gasteiger partial charge < -0.3 is 5.32 Å². The fraction of sp³-hybridized carbons (Fsp3) is 0.440. The van der Waals surface area contributed by atoms with Crippen molar-refractivity contribution in [1.29, 1.82) is 0 Å². The molecule has 168 valence electrons. The summed E-state index contributed by atoms with van der Waals surface area (Å²) in [5, 5.41) is 14.6. The minimum atomic E-state index is -0.487. The molecule has 6 nitrogen and oxygen atoms in total. The number of hydrogen-bond acceptors (Lipinski definition) is 5. The topological polar surface area (TPSA) is 89.3 Å². The second-order valence-electron chi connectivity index (χ2n) is 9.65. The number of thioether (sulfide) groups is 1. The molecule has 2 bridgehead atoms. The molecule has 32 heavy (non-hydrogen) atoms. The molecule has 2 saturated carbocycles. The van der Waals surface area contributed by atoms with Crippen molar-refractivity contribution in [2.75, 3.05) is 6.26 Å². The number of benzene rings is 2. The fourth-order valence-corrected chi connectivity index (χ4v) is 6.21. The molecule has 0 radical (unpaired) electrons. The Labute approximate surface area is 192 Å². The van der Waals surface area contributed by atoms with E-state index in [0.717, 1.165) is 12.8 Å². The lowest BCUT2D eigenvalue weighted by atomic mass is 9.69. The average molecular weight is 453 g/mol. The minimum Gasteiger partial charge on any atom is -0.349 e. The number of nitrogens with zero attached hydrogens (tertiary/aromatic N) is 1. The molecule has 1 N–H and O–H groups in total. The predicted octanol–water partition coefficient (Wildman–Crippen LogP) is 5.49. The first-order chi connectivity index (χ1) is 15.1. The van der Waals surface area contributed by atoms with Crippen molar-refractivity contribution in [3.63, 3.8) is 0 Å². The standard InChI is InChI=1S/C25H28N2O4S/c1-24(2)16-11-12-25(24,3)21(14-16)26-23(29)18-8-6-5-7-17(18)22(28)15-9-10-20(32-4)19(13-15)27(30)31/h5-10,13,16,21H,11-12,14H2,1-4H3,(H,26,29)/t16-,21+,25-/m1/s1. The quantitative estimate of drug-likeness (QED) is 0.271. The van der Waals surface area contributed by atoms with Crippen LogP contribution in [0.15, 0.2) is 47.4 Å². The van der Waals surface area contributed by atoms with E-state index in [1.807, 2.05) is 0 Å². The Morgan fingerprint density at radius 3 is 2.38 bits per heavy atom. The lowest BCUT2D eigenvalue weighted by molar-refractivity contribution is -0.387. The van der Waals surface area contributed by atoms with Crippen LogP contribution in [0.3, 0.4) is 0 Å². The SMILES string of the molecule is CSc1ccc(C(=O)c2ccccc2C(=O)N[C@H]2C[C@H]3CC[C@@]2(C)C3(C)C)cc1[N+](=O)[O-]. The van der Waals surface area contributed by atoms with Crippen molar-refractivity contribution in [3.05, 3.63) is 69.3 Å². The van der Waals surface area contributed by atoms with Crippen LogP contribution in [-0.4, -0.2) is 28.9 Å². The Morgan fingerprint density at radius 2 is 1.81 bits per heavy atom. The van der Waals surface area contributed by atoms with E-state index in [2.05, 4.69) is 26.1 Å². The normalized spacial score (nSPS) is 25.5. The van der Waals surface area contributed by atoms with Gasteiger partial charge in [-0.2, -0.15) is 0 Å². The summed E-state index contributed by atoms with van der Waals surface area (Å²) in [6.45, 7) is 6.84. The van der Waals surface area contributed by atoms with E-state index in [-0.39, 0.29) is 39.6 Å². The van der Waals surface area contributed by atoms with Gasteiger partial charge in [-0.15, -0.1) is 11.8 Å². The van der Waals surface area contributed by atoms with E-state index in [1.165, 1.54) is 24.2 Å². The molecule has 0 unspecified atom stereocenters. The third-order valence-electron chi connectivity index (χ3n) is 8.15. The number of rotatable bonds is 6. The summed E-state index contributed by atoms with van der Waals surface area (Å²) in [5.41, 5.74) is 0.839. The number of amides is 1. The second kappa shape index (κ2) is 8.03. The molecule has 4 rings (SSSR count). The summed E-state index contributed by atoms with van der Waals surface area (Å²) < 4.78 is 0. The first kappa shape index (κ1) is 22.5. The van der Waals surface area contributed by atoms with Crippen LogP contribution in [0.5, 0.6) is 0 Å². The van der Waals surface area contributed by atoms with Crippen molar-refractivity contribution in [1.82, 2.24) is 5.32 Å². The van der Waals surface area contributed by atoms with Gasteiger partial charge in [-0.25, -0.2) is 0 Å². The smallest absolute Gasteiger partial charge is 0.283 e. The van der Waals surface area contributed by atoms with Gasteiger partial charge in [0.15, 0.2) is 5.78 Å². The van der Waals surface area contributed by atoms with Gasteiger partial charge in [0.25, 0.3) is 11.6 Å². The minimum absolute atomic E-state index is 0.0283. The monoisotopic (exact) mass is 452 g/mol. The van der Waals surface area contributed by atoms with Gasteiger partial charge in [-0.1, -0.05) is 39.0 Å². The van der Waals surface area contributed by atoms with E-state index < -0.39 is 10.7 Å². The van der Waals surface area contributed by atoms with Crippen LogP contribution in [0.2, 0.25) is 0 Å². The van der Waals surface area contributed by atoms with Crippen molar-refractivity contribution in [2.24, 2.45) is 16.7 Å². The maximum atomic E-state index is 13.3. The third kappa shape index (κ3) is 3.43. The molecular weight excluding hydrogens is 424 g/mol. The molecule has 2 fully saturated rings. The zero-order valence-electron chi connectivity index (χ0n) is 18.8. The van der Waals surface area contributed by atoms with E-state index in [4.69, 9.17) is 0 Å². The summed E-state index contributed by atoms with van der Waals surface area (Å²) in [6, 6.07) is 11.2. The van der Waals surface area contributed by atoms with Crippen LogP contribution in [0.1, 0.15) is 66.3 Å². The molecule has 0 aromatic heterocycles. The third-order valence-corrected chi connectivity index (χ3v) is 8.94. The number of nitro benzene ring substituents is 1. The van der Waals surface area contributed by atoms with Gasteiger partial charge in [0.2, 0.25) is 0 Å². The second-order valence-corrected chi connectivity index (χ2v) is 10.5. The van der Waals surface area contributed by atoms with E-state index in [9.17, 15) is 19.7 Å². The molecule has 3 atom stereocenters. The Balaban J connectivity index is 1.63. The largest absolute Gasteiger partial charge is 0.349 e. The molecule has 0 heterocycles. The highest BCUT2D eigenvalue weighted by atomic mass is 32.2. The Morgan fingerprint density at radius 1 is 1.12 bits per heavy atom. The van der Waals surface area contributed by atoms with E-state index in [1.54, 1.807) is 42.7 Å². The number of fused-ring (bicyclic) bond motifs is 2. The van der Waals surface area contributed by atoms with Crippen LogP contribution in [0.25, 0.3) is 0 Å². The summed E-state index contributed by atoms with van der Waals surface area (Å²) >= 11 is 1.25. The summed E-state index contributed by atoms with van der Waals surface area (Å²) in [7, 11) is 0. The van der Waals surface area contributed by atoms with E-state index in [0.29, 0.717) is 16.4 Å². The van der Waals surface area contributed by atoms with Gasteiger partial charge in [0.1, 0.15) is 0 Å². The summed E-state index contributed by atoms with van der Waals surface area (Å²) in [6.07, 6.45) is 4.98. The number of nitro groups is 1. The lowest BCUT2D eigenvalue weighted by Gasteiger charge is -2.39. The average Bonchev–Trinajstić information content (AvgIpc) is 3.11.